The smallest absolute Gasteiger partial charge is 0.263 e. The van der Waals surface area contributed by atoms with Crippen molar-refractivity contribution < 1.29 is 32.6 Å². The summed E-state index contributed by atoms with van der Waals surface area (Å²) in [6, 6.07) is 1.89. The van der Waals surface area contributed by atoms with Gasteiger partial charge in [-0.2, -0.15) is 4.39 Å². The average molecular weight is 606 g/mol. The van der Waals surface area contributed by atoms with Crippen LogP contribution < -0.4 is 21.5 Å². The van der Waals surface area contributed by atoms with Gasteiger partial charge in [-0.05, 0) is 13.0 Å². The molecule has 0 unspecified atom stereocenters. The molecule has 0 radical (unpaired) electrons. The molecule has 0 saturated carbocycles. The lowest BCUT2D eigenvalue weighted by atomic mass is 10.0. The number of benzene rings is 1. The van der Waals surface area contributed by atoms with E-state index in [1.165, 1.54) is 17.7 Å². The lowest BCUT2D eigenvalue weighted by Crippen LogP contribution is -2.44. The number of morpholine rings is 1. The lowest BCUT2D eigenvalue weighted by molar-refractivity contribution is -0.116. The van der Waals surface area contributed by atoms with Crippen LogP contribution in [0.25, 0.3) is 22.2 Å². The Morgan fingerprint density at radius 1 is 1.26 bits per heavy atom. The molecular weight excluding hydrogens is 583 g/mol. The second-order valence-corrected chi connectivity index (χ2v) is 10.0. The van der Waals surface area contributed by atoms with E-state index in [0.717, 1.165) is 17.1 Å². The van der Waals surface area contributed by atoms with Gasteiger partial charge in [-0.15, -0.1) is 0 Å². The summed E-state index contributed by atoms with van der Waals surface area (Å²) in [5.74, 6) is -6.96. The molecule has 1 fully saturated rings. The SMILES string of the molecule is C[C@H]1COCCN1c1cc(NC(=O)Cn2cc(-c3cc(F)c(O)c(C(N)=O)c3F)c3c(=O)n(C)cnc32)c(Cl)c(F)n1. The number of hydrogen-bond acceptors (Lipinski definition) is 8. The lowest BCUT2D eigenvalue weighted by Gasteiger charge is -2.34. The summed E-state index contributed by atoms with van der Waals surface area (Å²) in [5, 5.41) is 11.7. The third-order valence-electron chi connectivity index (χ3n) is 6.82. The van der Waals surface area contributed by atoms with Crippen LogP contribution in [0.15, 0.2) is 29.5 Å². The fraction of sp³-hybridized carbons (Fsp3) is 0.269. The number of nitrogens with two attached hydrogens (primary N) is 1. The Hall–Kier alpha value is -4.63. The van der Waals surface area contributed by atoms with E-state index in [1.54, 1.807) is 4.90 Å². The highest BCUT2D eigenvalue weighted by molar-refractivity contribution is 6.33. The van der Waals surface area contributed by atoms with E-state index in [1.807, 2.05) is 6.92 Å². The molecule has 1 atom stereocenters. The maximum absolute atomic E-state index is 15.4. The summed E-state index contributed by atoms with van der Waals surface area (Å²) in [6.45, 7) is 2.58. The second-order valence-electron chi connectivity index (χ2n) is 9.64. The largest absolute Gasteiger partial charge is 0.504 e. The molecular formula is C26H23ClF3N7O5. The fourth-order valence-corrected chi connectivity index (χ4v) is 4.91. The summed E-state index contributed by atoms with van der Waals surface area (Å²) in [4.78, 5) is 47.8. The predicted octanol–water partition coefficient (Wildman–Crippen LogP) is 2.54. The molecule has 5 rings (SSSR count). The molecule has 0 aliphatic carbocycles. The first-order chi connectivity index (χ1) is 19.9. The third-order valence-corrected chi connectivity index (χ3v) is 7.18. The van der Waals surface area contributed by atoms with Crippen molar-refractivity contribution in [2.24, 2.45) is 12.8 Å². The molecule has 1 aromatic carbocycles. The Bertz CT molecular complexity index is 1830. The van der Waals surface area contributed by atoms with Crippen LogP contribution in [0.5, 0.6) is 5.75 Å². The number of ether oxygens (including phenoxy) is 1. The fourth-order valence-electron chi connectivity index (χ4n) is 4.76. The molecule has 220 valence electrons. The minimum Gasteiger partial charge on any atom is -0.504 e. The van der Waals surface area contributed by atoms with Crippen LogP contribution in [0.2, 0.25) is 5.02 Å². The van der Waals surface area contributed by atoms with E-state index in [4.69, 9.17) is 22.1 Å². The van der Waals surface area contributed by atoms with Crippen molar-refractivity contribution in [2.45, 2.75) is 19.5 Å². The highest BCUT2D eigenvalue weighted by atomic mass is 35.5. The number of carbonyl (C=O) groups is 2. The number of aryl methyl sites for hydroxylation is 1. The number of fused-ring (bicyclic) bond motifs is 1. The van der Waals surface area contributed by atoms with Gasteiger partial charge in [0, 0.05) is 37.0 Å². The number of halogens is 4. The van der Waals surface area contributed by atoms with Gasteiger partial charge in [-0.25, -0.2) is 18.7 Å². The molecule has 2 amide bonds. The zero-order valence-corrected chi connectivity index (χ0v) is 22.9. The van der Waals surface area contributed by atoms with Crippen molar-refractivity contribution in [3.8, 4) is 16.9 Å². The molecule has 1 aliphatic rings. The Morgan fingerprint density at radius 2 is 2.00 bits per heavy atom. The molecule has 0 spiro atoms. The number of rotatable bonds is 6. The van der Waals surface area contributed by atoms with Crippen LogP contribution in [0.1, 0.15) is 17.3 Å². The predicted molar refractivity (Wildman–Crippen MR) is 146 cm³/mol. The number of aromatic nitrogens is 4. The van der Waals surface area contributed by atoms with Crippen LogP contribution in [-0.2, 0) is 23.1 Å². The summed E-state index contributed by atoms with van der Waals surface area (Å²) >= 11 is 6.10. The molecule has 4 N–H and O–H groups in total. The molecule has 42 heavy (non-hydrogen) atoms. The van der Waals surface area contributed by atoms with E-state index in [0.29, 0.717) is 25.8 Å². The van der Waals surface area contributed by atoms with Gasteiger partial charge in [0.2, 0.25) is 11.9 Å². The summed E-state index contributed by atoms with van der Waals surface area (Å²) in [6.07, 6.45) is 2.32. The van der Waals surface area contributed by atoms with Crippen LogP contribution in [-0.4, -0.2) is 61.8 Å². The highest BCUT2D eigenvalue weighted by Gasteiger charge is 2.27. The van der Waals surface area contributed by atoms with Crippen molar-refractivity contribution in [1.82, 2.24) is 19.1 Å². The zero-order chi connectivity index (χ0) is 30.5. The number of nitrogens with one attached hydrogen (secondary N) is 1. The van der Waals surface area contributed by atoms with Gasteiger partial charge in [-0.3, -0.25) is 14.4 Å². The number of amides is 2. The van der Waals surface area contributed by atoms with Gasteiger partial charge >= 0.3 is 0 Å². The van der Waals surface area contributed by atoms with Crippen molar-refractivity contribution in [3.63, 3.8) is 0 Å². The van der Waals surface area contributed by atoms with E-state index in [9.17, 15) is 28.3 Å². The van der Waals surface area contributed by atoms with Crippen molar-refractivity contribution >= 4 is 46.0 Å². The van der Waals surface area contributed by atoms with E-state index in [-0.39, 0.29) is 34.1 Å². The number of nitrogens with zero attached hydrogens (tertiary/aromatic N) is 5. The topological polar surface area (TPSA) is 158 Å². The first-order valence-electron chi connectivity index (χ1n) is 12.4. The maximum Gasteiger partial charge on any atom is 0.263 e. The monoisotopic (exact) mass is 605 g/mol. The van der Waals surface area contributed by atoms with Gasteiger partial charge in [0.05, 0.1) is 36.7 Å². The summed E-state index contributed by atoms with van der Waals surface area (Å²) < 4.78 is 52.2. The minimum absolute atomic E-state index is 0.0684. The molecule has 0 bridgehead atoms. The number of pyridine rings is 1. The van der Waals surface area contributed by atoms with Gasteiger partial charge in [0.15, 0.2) is 11.6 Å². The van der Waals surface area contributed by atoms with Crippen molar-refractivity contribution in [2.75, 3.05) is 30.0 Å². The molecule has 1 saturated heterocycles. The number of phenols is 1. The quantitative estimate of drug-likeness (QED) is 0.283. The Labute approximate surface area is 240 Å². The summed E-state index contributed by atoms with van der Waals surface area (Å²) in [5.41, 5.74) is 2.42. The van der Waals surface area contributed by atoms with Gasteiger partial charge in [0.25, 0.3) is 11.5 Å². The highest BCUT2D eigenvalue weighted by Crippen LogP contribution is 2.36. The van der Waals surface area contributed by atoms with Crippen molar-refractivity contribution in [1.29, 1.82) is 0 Å². The molecule has 3 aromatic heterocycles. The van der Waals surface area contributed by atoms with Crippen LogP contribution in [0, 0.1) is 17.6 Å². The van der Waals surface area contributed by atoms with Gasteiger partial charge in [0.1, 0.15) is 34.4 Å². The molecule has 12 nitrogen and oxygen atoms in total. The number of aromatic hydroxyl groups is 1. The van der Waals surface area contributed by atoms with Crippen LogP contribution in [0.4, 0.5) is 24.7 Å². The number of primary amides is 1. The average Bonchev–Trinajstić information content (AvgIpc) is 3.29. The maximum atomic E-state index is 15.4. The zero-order valence-electron chi connectivity index (χ0n) is 22.1. The van der Waals surface area contributed by atoms with Crippen molar-refractivity contribution in [3.05, 3.63) is 63.2 Å². The Morgan fingerprint density at radius 3 is 2.69 bits per heavy atom. The molecule has 1 aliphatic heterocycles. The van der Waals surface area contributed by atoms with Crippen LogP contribution >= 0.6 is 11.6 Å². The van der Waals surface area contributed by atoms with Crippen LogP contribution in [0.3, 0.4) is 0 Å². The van der Waals surface area contributed by atoms with E-state index in [2.05, 4.69) is 15.3 Å². The number of carbonyl (C=O) groups excluding carboxylic acids is 2. The molecule has 4 aromatic rings. The second kappa shape index (κ2) is 11.0. The standard InChI is InChI=1S/C26H23ClF3N7O5/c1-11-9-42-4-3-37(11)16-6-15(20(27)23(30)34-16)33-17(38)8-36-7-13(18-25(36)32-10-35(2)26(18)41)12-5-14(28)22(39)19(21(12)29)24(31)40/h5-7,10-11,39H,3-4,8-9H2,1-2H3,(H2,31,40)(H,33,34,38)/t11-/m0/s1. The first kappa shape index (κ1) is 28.9. The number of anilines is 2. The van der Waals surface area contributed by atoms with Gasteiger partial charge in [-0.1, -0.05) is 11.6 Å². The van der Waals surface area contributed by atoms with E-state index >= 15 is 4.39 Å². The minimum atomic E-state index is -1.44. The molecule has 4 heterocycles. The third kappa shape index (κ3) is 5.00. The Balaban J connectivity index is 1.55. The van der Waals surface area contributed by atoms with Gasteiger partial charge < -0.3 is 34.9 Å². The normalized spacial score (nSPS) is 15.3. The summed E-state index contributed by atoms with van der Waals surface area (Å²) in [7, 11) is 1.37. The molecule has 16 heteroatoms. The number of hydrogen-bond donors (Lipinski definition) is 3. The Kier molecular flexibility index (Phi) is 7.55. The van der Waals surface area contributed by atoms with E-state index < -0.39 is 63.4 Å². The first-order valence-corrected chi connectivity index (χ1v) is 12.8.